The summed E-state index contributed by atoms with van der Waals surface area (Å²) in [7, 11) is 0. The Kier molecular flexibility index (Phi) is 2.91. The minimum atomic E-state index is 0.0668. The maximum Gasteiger partial charge on any atom is 0.246 e. The number of carbonyl (C=O) groups excluding carboxylic acids is 1. The lowest BCUT2D eigenvalue weighted by atomic mass is 9.89. The molecule has 2 nitrogen and oxygen atoms in total. The van der Waals surface area contributed by atoms with E-state index in [2.05, 4.69) is 13.8 Å². The Morgan fingerprint density at radius 3 is 2.46 bits per heavy atom. The number of hydrogen-bond donors (Lipinski definition) is 0. The van der Waals surface area contributed by atoms with Gasteiger partial charge in [-0.2, -0.15) is 0 Å². The number of carbonyl (C=O) groups is 1. The molecule has 0 bridgehead atoms. The maximum absolute atomic E-state index is 11.5. The molecule has 1 fully saturated rings. The fourth-order valence-corrected chi connectivity index (χ4v) is 1.42. The van der Waals surface area contributed by atoms with Crippen LogP contribution in [0.15, 0.2) is 24.3 Å². The monoisotopic (exact) mass is 179 g/mol. The Balaban J connectivity index is 2.50. The lowest BCUT2D eigenvalue weighted by Gasteiger charge is -2.48. The average Bonchev–Trinajstić information content (AvgIpc) is 2.03. The zero-order valence-electron chi connectivity index (χ0n) is 8.58. The highest BCUT2D eigenvalue weighted by atomic mass is 16.2. The molecule has 1 heterocycles. The number of rotatable bonds is 2. The largest absolute Gasteiger partial charge is 0.334 e. The highest BCUT2D eigenvalue weighted by Crippen LogP contribution is 2.29. The average molecular weight is 179 g/mol. The second-order valence-electron chi connectivity index (χ2n) is 3.94. The Morgan fingerprint density at radius 1 is 1.38 bits per heavy atom. The molecule has 13 heavy (non-hydrogen) atoms. The smallest absolute Gasteiger partial charge is 0.246 e. The molecule has 0 atom stereocenters. The molecule has 0 spiro atoms. The van der Waals surface area contributed by atoms with Gasteiger partial charge < -0.3 is 4.90 Å². The first-order valence-corrected chi connectivity index (χ1v) is 4.69. The van der Waals surface area contributed by atoms with Gasteiger partial charge in [0.15, 0.2) is 0 Å². The van der Waals surface area contributed by atoms with Crippen LogP contribution in [-0.2, 0) is 4.79 Å². The molecule has 1 aliphatic rings. The molecule has 0 unspecified atom stereocenters. The summed E-state index contributed by atoms with van der Waals surface area (Å²) in [6, 6.07) is 0. The fraction of sp³-hybridized carbons (Fsp3) is 0.545. The second kappa shape index (κ2) is 3.77. The highest BCUT2D eigenvalue weighted by molar-refractivity contribution is 5.89. The molecule has 0 N–H and O–H groups in total. The second-order valence-corrected chi connectivity index (χ2v) is 3.94. The van der Waals surface area contributed by atoms with Crippen molar-refractivity contribution < 1.29 is 4.79 Å². The van der Waals surface area contributed by atoms with Crippen LogP contribution < -0.4 is 0 Å². The van der Waals surface area contributed by atoms with Crippen molar-refractivity contribution in [1.82, 2.24) is 4.90 Å². The third-order valence-electron chi connectivity index (χ3n) is 2.49. The van der Waals surface area contributed by atoms with Crippen LogP contribution in [-0.4, -0.2) is 22.9 Å². The zero-order valence-corrected chi connectivity index (χ0v) is 8.58. The standard InChI is InChI=1S/C11H17NO/c1-4-5-6-7-10(13)12-9-8-11(12,2)3/h4-7H,8-9H2,1-3H3/b5-4+,7-6+. The lowest BCUT2D eigenvalue weighted by Crippen LogP contribution is -2.57. The summed E-state index contributed by atoms with van der Waals surface area (Å²) in [5.74, 6) is 0.120. The van der Waals surface area contributed by atoms with E-state index in [1.54, 1.807) is 12.2 Å². The van der Waals surface area contributed by atoms with E-state index in [9.17, 15) is 4.79 Å². The third kappa shape index (κ3) is 2.20. The fourth-order valence-electron chi connectivity index (χ4n) is 1.42. The number of nitrogens with zero attached hydrogens (tertiary/aromatic N) is 1. The van der Waals surface area contributed by atoms with E-state index < -0.39 is 0 Å². The molecule has 1 saturated heterocycles. The topological polar surface area (TPSA) is 20.3 Å². The molecule has 2 heteroatoms. The van der Waals surface area contributed by atoms with Crippen molar-refractivity contribution in [3.63, 3.8) is 0 Å². The summed E-state index contributed by atoms with van der Waals surface area (Å²) >= 11 is 0. The lowest BCUT2D eigenvalue weighted by molar-refractivity contribution is -0.138. The van der Waals surface area contributed by atoms with Gasteiger partial charge in [-0.3, -0.25) is 4.79 Å². The van der Waals surface area contributed by atoms with E-state index in [0.29, 0.717) is 0 Å². The van der Waals surface area contributed by atoms with Crippen molar-refractivity contribution in [1.29, 1.82) is 0 Å². The van der Waals surface area contributed by atoms with Crippen molar-refractivity contribution in [2.45, 2.75) is 32.7 Å². The molecule has 0 aromatic rings. The first-order valence-electron chi connectivity index (χ1n) is 4.69. The van der Waals surface area contributed by atoms with Gasteiger partial charge in [0.25, 0.3) is 0 Å². The zero-order chi connectivity index (χ0) is 9.90. The normalized spacial score (nSPS) is 21.0. The number of likely N-dealkylation sites (tertiary alicyclic amines) is 1. The molecule has 1 rings (SSSR count). The van der Waals surface area contributed by atoms with E-state index in [1.165, 1.54) is 0 Å². The molecule has 72 valence electrons. The quantitative estimate of drug-likeness (QED) is 0.469. The maximum atomic E-state index is 11.5. The highest BCUT2D eigenvalue weighted by Gasteiger charge is 2.37. The van der Waals surface area contributed by atoms with Crippen LogP contribution >= 0.6 is 0 Å². The summed E-state index contributed by atoms with van der Waals surface area (Å²) in [6.07, 6.45) is 8.30. The van der Waals surface area contributed by atoms with Crippen LogP contribution in [0.25, 0.3) is 0 Å². The van der Waals surface area contributed by atoms with Crippen LogP contribution in [0, 0.1) is 0 Å². The number of hydrogen-bond acceptors (Lipinski definition) is 1. The molecule has 0 aromatic carbocycles. The molecular formula is C11H17NO. The van der Waals surface area contributed by atoms with Gasteiger partial charge in [0, 0.05) is 18.2 Å². The molecule has 0 saturated carbocycles. The van der Waals surface area contributed by atoms with E-state index in [0.717, 1.165) is 13.0 Å². The molecule has 0 aliphatic carbocycles. The number of amides is 1. The molecular weight excluding hydrogens is 162 g/mol. The van der Waals surface area contributed by atoms with Crippen molar-refractivity contribution in [3.05, 3.63) is 24.3 Å². The summed E-state index contributed by atoms with van der Waals surface area (Å²) in [5, 5.41) is 0. The Morgan fingerprint density at radius 2 is 2.08 bits per heavy atom. The molecule has 0 radical (unpaired) electrons. The Hall–Kier alpha value is -1.05. The van der Waals surface area contributed by atoms with Crippen LogP contribution in [0.2, 0.25) is 0 Å². The van der Waals surface area contributed by atoms with Crippen molar-refractivity contribution in [2.75, 3.05) is 6.54 Å². The summed E-state index contributed by atoms with van der Waals surface area (Å²) in [5.41, 5.74) is 0.0668. The van der Waals surface area contributed by atoms with E-state index >= 15 is 0 Å². The van der Waals surface area contributed by atoms with Gasteiger partial charge in [0.1, 0.15) is 0 Å². The van der Waals surface area contributed by atoms with Crippen molar-refractivity contribution in [3.8, 4) is 0 Å². The van der Waals surface area contributed by atoms with Gasteiger partial charge in [0.05, 0.1) is 0 Å². The summed E-state index contributed by atoms with van der Waals surface area (Å²) in [4.78, 5) is 13.4. The Labute approximate surface area is 79.9 Å². The van der Waals surface area contributed by atoms with Gasteiger partial charge in [-0.15, -0.1) is 0 Å². The molecule has 1 amide bonds. The van der Waals surface area contributed by atoms with Gasteiger partial charge in [0.2, 0.25) is 5.91 Å². The van der Waals surface area contributed by atoms with E-state index in [1.807, 2.05) is 24.0 Å². The van der Waals surface area contributed by atoms with Crippen LogP contribution in [0.5, 0.6) is 0 Å². The third-order valence-corrected chi connectivity index (χ3v) is 2.49. The van der Waals surface area contributed by atoms with Crippen molar-refractivity contribution >= 4 is 5.91 Å². The molecule has 1 aliphatic heterocycles. The first kappa shape index (κ1) is 10.0. The minimum absolute atomic E-state index is 0.0668. The minimum Gasteiger partial charge on any atom is -0.334 e. The van der Waals surface area contributed by atoms with Crippen LogP contribution in [0.3, 0.4) is 0 Å². The predicted octanol–water partition coefficient (Wildman–Crippen LogP) is 2.13. The summed E-state index contributed by atoms with van der Waals surface area (Å²) in [6.45, 7) is 7.02. The molecule has 0 aromatic heterocycles. The first-order chi connectivity index (χ1) is 6.08. The predicted molar refractivity (Wildman–Crippen MR) is 54.4 cm³/mol. The van der Waals surface area contributed by atoms with Gasteiger partial charge >= 0.3 is 0 Å². The van der Waals surface area contributed by atoms with E-state index in [4.69, 9.17) is 0 Å². The van der Waals surface area contributed by atoms with Crippen LogP contribution in [0.1, 0.15) is 27.2 Å². The van der Waals surface area contributed by atoms with Crippen LogP contribution in [0.4, 0.5) is 0 Å². The SMILES string of the molecule is C/C=C/C=C/C(=O)N1CCC1(C)C. The van der Waals surface area contributed by atoms with Gasteiger partial charge in [-0.1, -0.05) is 18.2 Å². The number of allylic oxidation sites excluding steroid dienone is 3. The van der Waals surface area contributed by atoms with Gasteiger partial charge in [-0.05, 0) is 27.2 Å². The Bertz CT molecular complexity index is 251. The summed E-state index contributed by atoms with van der Waals surface area (Å²) < 4.78 is 0. The van der Waals surface area contributed by atoms with E-state index in [-0.39, 0.29) is 11.4 Å². The van der Waals surface area contributed by atoms with Gasteiger partial charge in [-0.25, -0.2) is 0 Å². The van der Waals surface area contributed by atoms with Crippen molar-refractivity contribution in [2.24, 2.45) is 0 Å².